The van der Waals surface area contributed by atoms with Crippen LogP contribution in [0.2, 0.25) is 0 Å². The van der Waals surface area contributed by atoms with E-state index in [1.54, 1.807) is 24.3 Å². The van der Waals surface area contributed by atoms with E-state index in [2.05, 4.69) is 296 Å². The van der Waals surface area contributed by atoms with Gasteiger partial charge in [-0.3, -0.25) is 9.59 Å². The number of pyridine rings is 2. The summed E-state index contributed by atoms with van der Waals surface area (Å²) in [6, 6.07) is 130. The molecule has 0 spiro atoms. The average molecular weight is 1660 g/mol. The zero-order valence-electron chi connectivity index (χ0n) is 66.0. The van der Waals surface area contributed by atoms with Gasteiger partial charge in [0.2, 0.25) is 0 Å². The molecule has 0 amide bonds. The van der Waals surface area contributed by atoms with E-state index in [4.69, 9.17) is 4.98 Å². The Labute approximate surface area is 724 Å². The molecule has 0 aliphatic heterocycles. The lowest BCUT2D eigenvalue weighted by molar-refractivity contribution is 0.101. The minimum absolute atomic E-state index is 0. The number of hydrogen-bond donors (Lipinski definition) is 0. The van der Waals surface area contributed by atoms with Crippen LogP contribution < -0.4 is 0 Å². The molecule has 0 bridgehead atoms. The Bertz CT molecular complexity index is 7270. The molecule has 614 valence electrons. The first kappa shape index (κ1) is 83.6. The summed E-state index contributed by atoms with van der Waals surface area (Å²) >= 11 is 0. The van der Waals surface area contributed by atoms with Crippen LogP contribution in [0.25, 0.3) is 177 Å². The third-order valence-corrected chi connectivity index (χ3v) is 22.3. The standard InChI is InChI=1S/C71H45N5.C23H13F4N.C8H6F2O.C7H6O.3CH4/c1-2-20-46(21-3-1)47-42-60(58-44-48(73-62-30-12-4-22-50(62)51-23-5-13-31-63(51)73)38-40-70(58)75-66-34-16-8-26-54(66)55-27-9-17-35-67(55)75)72-61(43-47)59-45-49(74-64-32-14-6-24-52(64)53-25-7-15-33-65(53)74)39-41-71(59)76-68-36-18-10-28-56(68)57-29-11-19-37-69(57)76;24-16-6-8-20(26)18(12-16)22-10-15(14-4-2-1-3-5-14)11-23(28-22)19-13-17(25)7-9-21(19)27;1-5(11)7-4-6(9)2-3-8(7)10;8-6-7-4-2-1-3-5-7;;;/h1-45H;1-13H;2-4H,1H3;1-6H;3*1H4. The number of ketones is 1. The molecule has 0 atom stereocenters. The van der Waals surface area contributed by atoms with Gasteiger partial charge in [0.15, 0.2) is 5.78 Å². The fourth-order valence-electron chi connectivity index (χ4n) is 16.8. The summed E-state index contributed by atoms with van der Waals surface area (Å²) in [4.78, 5) is 30.9. The maximum atomic E-state index is 14.3. The van der Waals surface area contributed by atoms with Crippen molar-refractivity contribution in [3.8, 4) is 90.0 Å². The minimum atomic E-state index is -0.682. The van der Waals surface area contributed by atoms with Crippen molar-refractivity contribution in [3.05, 3.63) is 446 Å². The molecule has 0 unspecified atom stereocenters. The second-order valence-electron chi connectivity index (χ2n) is 29.8. The van der Waals surface area contributed by atoms with E-state index in [9.17, 15) is 35.9 Å². The molecule has 126 heavy (non-hydrogen) atoms. The van der Waals surface area contributed by atoms with E-state index in [1.165, 1.54) is 50.0 Å². The number of nitrogens with zero attached hydrogens (tertiary/aromatic N) is 6. The maximum absolute atomic E-state index is 14.3. The van der Waals surface area contributed by atoms with E-state index in [1.807, 2.05) is 48.5 Å². The number of benzene rings is 16. The number of Topliss-reactive ketones (excluding diaryl/α,β-unsaturated/α-hetero) is 1. The van der Waals surface area contributed by atoms with Crippen LogP contribution in [-0.2, 0) is 0 Å². The monoisotopic (exact) mass is 1660 g/mol. The van der Waals surface area contributed by atoms with Crippen molar-refractivity contribution < 1.29 is 35.9 Å². The number of carbonyl (C=O) groups is 2. The van der Waals surface area contributed by atoms with Gasteiger partial charge in [0.25, 0.3) is 0 Å². The van der Waals surface area contributed by atoms with Gasteiger partial charge in [-0.2, -0.15) is 0 Å². The summed E-state index contributed by atoms with van der Waals surface area (Å²) in [7, 11) is 0. The fraction of sp³-hybridized carbons (Fsp3) is 0.0357. The van der Waals surface area contributed by atoms with E-state index in [-0.39, 0.29) is 50.4 Å². The molecule has 0 saturated heterocycles. The zero-order valence-corrected chi connectivity index (χ0v) is 66.0. The highest BCUT2D eigenvalue weighted by atomic mass is 19.1. The van der Waals surface area contributed by atoms with Crippen molar-refractivity contribution in [3.63, 3.8) is 0 Å². The van der Waals surface area contributed by atoms with Crippen molar-refractivity contribution >= 4 is 99.3 Å². The van der Waals surface area contributed by atoms with Gasteiger partial charge in [-0.25, -0.2) is 36.3 Å². The molecule has 0 fully saturated rings. The van der Waals surface area contributed by atoms with Gasteiger partial charge in [-0.1, -0.05) is 259 Å². The first-order valence-corrected chi connectivity index (χ1v) is 40.0. The number of hydrogen-bond acceptors (Lipinski definition) is 4. The molecular weight excluding hydrogens is 1580 g/mol. The Hall–Kier alpha value is -16.1. The zero-order chi connectivity index (χ0) is 83.8. The minimum Gasteiger partial charge on any atom is -0.309 e. The van der Waals surface area contributed by atoms with Gasteiger partial charge in [0, 0.05) is 82.3 Å². The number of carbonyl (C=O) groups excluding carboxylic acids is 2. The summed E-state index contributed by atoms with van der Waals surface area (Å²) in [5.74, 6) is -4.32. The van der Waals surface area contributed by atoms with E-state index < -0.39 is 40.7 Å². The second-order valence-corrected chi connectivity index (χ2v) is 29.8. The van der Waals surface area contributed by atoms with Crippen molar-refractivity contribution in [1.29, 1.82) is 0 Å². The van der Waals surface area contributed by atoms with Crippen LogP contribution >= 0.6 is 0 Å². The van der Waals surface area contributed by atoms with Crippen molar-refractivity contribution in [1.82, 2.24) is 28.2 Å². The normalized spacial score (nSPS) is 11.0. The summed E-state index contributed by atoms with van der Waals surface area (Å²) in [6.07, 6.45) is 0.833. The Morgan fingerprint density at radius 3 is 0.802 bits per heavy atom. The summed E-state index contributed by atoms with van der Waals surface area (Å²) in [5, 5.41) is 9.72. The summed E-state index contributed by atoms with van der Waals surface area (Å²) in [6.45, 7) is 1.19. The van der Waals surface area contributed by atoms with Crippen molar-refractivity contribution in [2.45, 2.75) is 29.2 Å². The second kappa shape index (κ2) is 35.9. The highest BCUT2D eigenvalue weighted by Crippen LogP contribution is 2.45. The Kier molecular flexibility index (Phi) is 23.8. The molecule has 0 radical (unpaired) electrons. The van der Waals surface area contributed by atoms with Crippen molar-refractivity contribution in [2.24, 2.45) is 0 Å². The van der Waals surface area contributed by atoms with Crippen molar-refractivity contribution in [2.75, 3.05) is 0 Å². The molecule has 22 rings (SSSR count). The van der Waals surface area contributed by atoms with Gasteiger partial charge in [-0.15, -0.1) is 0 Å². The summed E-state index contributed by atoms with van der Waals surface area (Å²) in [5.41, 5.74) is 21.4. The Morgan fingerprint density at radius 2 is 0.516 bits per heavy atom. The lowest BCUT2D eigenvalue weighted by atomic mass is 9.97. The molecule has 16 aromatic carbocycles. The smallest absolute Gasteiger partial charge is 0.162 e. The highest BCUT2D eigenvalue weighted by Gasteiger charge is 2.25. The van der Waals surface area contributed by atoms with Crippen LogP contribution in [0, 0.1) is 34.9 Å². The molecule has 14 heteroatoms. The Morgan fingerprint density at radius 1 is 0.254 bits per heavy atom. The number of fused-ring (bicyclic) bond motifs is 12. The first-order valence-electron chi connectivity index (χ1n) is 40.0. The van der Waals surface area contributed by atoms with Gasteiger partial charge in [0.1, 0.15) is 41.2 Å². The Balaban J connectivity index is 0.000000191. The molecule has 22 aromatic rings. The van der Waals surface area contributed by atoms with Crippen LogP contribution in [0.5, 0.6) is 0 Å². The van der Waals surface area contributed by atoms with Gasteiger partial charge < -0.3 is 18.3 Å². The first-order chi connectivity index (χ1) is 60.3. The van der Waals surface area contributed by atoms with Crippen LogP contribution in [0.4, 0.5) is 26.3 Å². The molecule has 6 aromatic heterocycles. The third-order valence-electron chi connectivity index (χ3n) is 22.3. The number of rotatable bonds is 12. The van der Waals surface area contributed by atoms with Gasteiger partial charge in [-0.05, 0) is 193 Å². The highest BCUT2D eigenvalue weighted by molar-refractivity contribution is 6.13. The molecular formula is C112H82F6N6O2. The maximum Gasteiger partial charge on any atom is 0.162 e. The third kappa shape index (κ3) is 15.9. The van der Waals surface area contributed by atoms with Crippen LogP contribution in [-0.4, -0.2) is 40.3 Å². The number of aromatic nitrogens is 6. The quantitative estimate of drug-likeness (QED) is 0.0693. The molecule has 0 aliphatic rings. The molecule has 0 saturated carbocycles. The van der Waals surface area contributed by atoms with Crippen LogP contribution in [0.3, 0.4) is 0 Å². The number of aldehydes is 1. The predicted molar refractivity (Wildman–Crippen MR) is 507 cm³/mol. The van der Waals surface area contributed by atoms with Crippen LogP contribution in [0.1, 0.15) is 49.9 Å². The van der Waals surface area contributed by atoms with E-state index in [0.717, 1.165) is 173 Å². The lowest BCUT2D eigenvalue weighted by Crippen LogP contribution is -2.04. The number of para-hydroxylation sites is 8. The van der Waals surface area contributed by atoms with Gasteiger partial charge in [0.05, 0.1) is 83.8 Å². The van der Waals surface area contributed by atoms with Crippen LogP contribution in [0.15, 0.2) is 400 Å². The largest absolute Gasteiger partial charge is 0.309 e. The SMILES string of the molecule is C.C.C.CC(=O)c1cc(F)ccc1F.Fc1ccc(F)c(-c2cc(-c3ccccc3)cc(-c3cc(F)ccc3F)n2)c1.O=Cc1ccccc1.c1ccc(-c2cc(-c3cc(-n4c5ccccc5c5ccccc54)ccc3-n3c4ccccc4c4ccccc43)nc(-c3cc(-n4c5ccccc5c5ccccc54)ccc3-n3c4ccccc4c4ccccc43)c2)cc1. The topological polar surface area (TPSA) is 79.6 Å². The fourth-order valence-corrected chi connectivity index (χ4v) is 16.8. The van der Waals surface area contributed by atoms with E-state index >= 15 is 0 Å². The lowest BCUT2D eigenvalue weighted by Gasteiger charge is -2.20. The van der Waals surface area contributed by atoms with E-state index in [0.29, 0.717) is 5.56 Å². The number of halogens is 6. The molecule has 0 N–H and O–H groups in total. The molecule has 6 heterocycles. The molecule has 0 aliphatic carbocycles. The predicted octanol–water partition coefficient (Wildman–Crippen LogP) is 30.7. The molecule has 8 nitrogen and oxygen atoms in total. The van der Waals surface area contributed by atoms with Gasteiger partial charge >= 0.3 is 0 Å². The summed E-state index contributed by atoms with van der Waals surface area (Å²) < 4.78 is 90.8. The average Bonchev–Trinajstić information content (AvgIpc) is 1.56.